The Kier molecular flexibility index (Phi) is 3.31. The standard InChI is InChI=1S/C12H10Cl2O2/c13-10-3-1-2-9(11(10)14)12(16)7-4-5-8(15)6-7/h1-3,7H,4-6H2. The molecular formula is C12H10Cl2O2. The van der Waals surface area contributed by atoms with Crippen molar-refractivity contribution in [2.24, 2.45) is 5.92 Å². The van der Waals surface area contributed by atoms with E-state index in [0.29, 0.717) is 29.8 Å². The summed E-state index contributed by atoms with van der Waals surface area (Å²) in [5, 5.41) is 0.658. The predicted octanol–water partition coefficient (Wildman–Crippen LogP) is 3.55. The Labute approximate surface area is 104 Å². The first-order chi connectivity index (χ1) is 7.59. The summed E-state index contributed by atoms with van der Waals surface area (Å²) in [6, 6.07) is 4.98. The van der Waals surface area contributed by atoms with Crippen molar-refractivity contribution in [1.29, 1.82) is 0 Å². The topological polar surface area (TPSA) is 34.1 Å². The van der Waals surface area contributed by atoms with Gasteiger partial charge in [0, 0.05) is 24.3 Å². The number of halogens is 2. The van der Waals surface area contributed by atoms with E-state index in [1.807, 2.05) is 0 Å². The quantitative estimate of drug-likeness (QED) is 0.759. The third-order valence-corrected chi connectivity index (χ3v) is 3.65. The highest BCUT2D eigenvalue weighted by atomic mass is 35.5. The van der Waals surface area contributed by atoms with Crippen LogP contribution in [0.3, 0.4) is 0 Å². The van der Waals surface area contributed by atoms with Crippen LogP contribution in [0.15, 0.2) is 18.2 Å². The number of hydrogen-bond acceptors (Lipinski definition) is 2. The Morgan fingerprint density at radius 3 is 2.69 bits per heavy atom. The van der Waals surface area contributed by atoms with Gasteiger partial charge in [-0.2, -0.15) is 0 Å². The molecule has 1 atom stereocenters. The summed E-state index contributed by atoms with van der Waals surface area (Å²) in [6.45, 7) is 0. The largest absolute Gasteiger partial charge is 0.300 e. The zero-order valence-electron chi connectivity index (χ0n) is 8.50. The van der Waals surface area contributed by atoms with E-state index in [9.17, 15) is 9.59 Å². The van der Waals surface area contributed by atoms with Crippen molar-refractivity contribution in [3.63, 3.8) is 0 Å². The molecule has 1 aliphatic rings. The smallest absolute Gasteiger partial charge is 0.167 e. The number of carbonyl (C=O) groups is 2. The summed E-state index contributed by atoms with van der Waals surface area (Å²) >= 11 is 11.8. The molecule has 16 heavy (non-hydrogen) atoms. The monoisotopic (exact) mass is 256 g/mol. The lowest BCUT2D eigenvalue weighted by Gasteiger charge is -2.09. The molecule has 0 amide bonds. The maximum Gasteiger partial charge on any atom is 0.167 e. The number of benzene rings is 1. The number of carbonyl (C=O) groups excluding carboxylic acids is 2. The zero-order chi connectivity index (χ0) is 11.7. The molecule has 1 aliphatic carbocycles. The molecule has 0 radical (unpaired) electrons. The van der Waals surface area contributed by atoms with E-state index in [0.717, 1.165) is 0 Å². The van der Waals surface area contributed by atoms with Crippen molar-refractivity contribution < 1.29 is 9.59 Å². The van der Waals surface area contributed by atoms with Crippen LogP contribution in [0.1, 0.15) is 29.6 Å². The lowest BCUT2D eigenvalue weighted by molar-refractivity contribution is -0.117. The van der Waals surface area contributed by atoms with E-state index in [-0.39, 0.29) is 22.5 Å². The van der Waals surface area contributed by atoms with E-state index in [1.165, 1.54) is 0 Å². The second kappa shape index (κ2) is 4.56. The van der Waals surface area contributed by atoms with Crippen LogP contribution in [-0.2, 0) is 4.79 Å². The van der Waals surface area contributed by atoms with Gasteiger partial charge in [0.05, 0.1) is 10.0 Å². The minimum absolute atomic E-state index is 0.0710. The maximum atomic E-state index is 12.1. The van der Waals surface area contributed by atoms with E-state index in [2.05, 4.69) is 0 Å². The summed E-state index contributed by atoms with van der Waals surface area (Å²) in [7, 11) is 0. The Bertz CT molecular complexity index is 454. The highest BCUT2D eigenvalue weighted by molar-refractivity contribution is 6.44. The van der Waals surface area contributed by atoms with Gasteiger partial charge < -0.3 is 0 Å². The maximum absolute atomic E-state index is 12.1. The van der Waals surface area contributed by atoms with Gasteiger partial charge in [0.1, 0.15) is 5.78 Å². The third kappa shape index (κ3) is 2.13. The highest BCUT2D eigenvalue weighted by Gasteiger charge is 2.30. The first kappa shape index (κ1) is 11.6. The summed E-state index contributed by atoms with van der Waals surface area (Å²) in [4.78, 5) is 23.2. The fourth-order valence-corrected chi connectivity index (χ4v) is 2.35. The molecule has 2 rings (SSSR count). The van der Waals surface area contributed by atoms with Gasteiger partial charge in [-0.05, 0) is 18.6 Å². The molecule has 1 saturated carbocycles. The van der Waals surface area contributed by atoms with Crippen molar-refractivity contribution >= 4 is 34.8 Å². The molecule has 4 heteroatoms. The average Bonchev–Trinajstić information content (AvgIpc) is 2.68. The fraction of sp³-hybridized carbons (Fsp3) is 0.333. The average molecular weight is 257 g/mol. The summed E-state index contributed by atoms with van der Waals surface area (Å²) in [5.74, 6) is -0.140. The van der Waals surface area contributed by atoms with Crippen molar-refractivity contribution in [3.05, 3.63) is 33.8 Å². The Balaban J connectivity index is 2.27. The van der Waals surface area contributed by atoms with Gasteiger partial charge in [-0.25, -0.2) is 0 Å². The van der Waals surface area contributed by atoms with E-state index in [1.54, 1.807) is 18.2 Å². The Morgan fingerprint density at radius 1 is 1.31 bits per heavy atom. The molecule has 1 unspecified atom stereocenters. The molecule has 0 heterocycles. The molecule has 1 aromatic rings. The Hall–Kier alpha value is -0.860. The highest BCUT2D eigenvalue weighted by Crippen LogP contribution is 2.31. The number of hydrogen-bond donors (Lipinski definition) is 0. The summed E-state index contributed by atoms with van der Waals surface area (Å²) in [5.41, 5.74) is 0.425. The van der Waals surface area contributed by atoms with Crippen molar-refractivity contribution in [1.82, 2.24) is 0 Å². The number of rotatable bonds is 2. The number of Topliss-reactive ketones (excluding diaryl/α,β-unsaturated/α-hetero) is 2. The lowest BCUT2D eigenvalue weighted by Crippen LogP contribution is -2.12. The van der Waals surface area contributed by atoms with Crippen molar-refractivity contribution in [2.45, 2.75) is 19.3 Å². The minimum Gasteiger partial charge on any atom is -0.300 e. The van der Waals surface area contributed by atoms with Crippen LogP contribution >= 0.6 is 23.2 Å². The third-order valence-electron chi connectivity index (χ3n) is 2.83. The second-order valence-corrected chi connectivity index (χ2v) is 4.73. The predicted molar refractivity (Wildman–Crippen MR) is 63.1 cm³/mol. The van der Waals surface area contributed by atoms with Gasteiger partial charge in [-0.15, -0.1) is 0 Å². The molecule has 1 aromatic carbocycles. The van der Waals surface area contributed by atoms with Crippen LogP contribution in [0.25, 0.3) is 0 Å². The Morgan fingerprint density at radius 2 is 2.06 bits per heavy atom. The van der Waals surface area contributed by atoms with Gasteiger partial charge >= 0.3 is 0 Å². The second-order valence-electron chi connectivity index (χ2n) is 3.94. The van der Waals surface area contributed by atoms with Gasteiger partial charge in [0.15, 0.2) is 5.78 Å². The van der Waals surface area contributed by atoms with Crippen LogP contribution in [-0.4, -0.2) is 11.6 Å². The SMILES string of the molecule is O=C1CCC(C(=O)c2cccc(Cl)c2Cl)C1. The molecule has 0 aromatic heterocycles. The fourth-order valence-electron chi connectivity index (χ4n) is 1.95. The normalized spacial score (nSPS) is 20.1. The van der Waals surface area contributed by atoms with Crippen LogP contribution in [0.2, 0.25) is 10.0 Å². The van der Waals surface area contributed by atoms with Crippen LogP contribution < -0.4 is 0 Å². The van der Waals surface area contributed by atoms with Crippen molar-refractivity contribution in [3.8, 4) is 0 Å². The van der Waals surface area contributed by atoms with Crippen LogP contribution in [0.5, 0.6) is 0 Å². The first-order valence-electron chi connectivity index (χ1n) is 5.09. The molecule has 84 valence electrons. The van der Waals surface area contributed by atoms with E-state index < -0.39 is 0 Å². The van der Waals surface area contributed by atoms with Crippen LogP contribution in [0, 0.1) is 5.92 Å². The molecule has 0 N–H and O–H groups in total. The molecule has 0 saturated heterocycles. The summed E-state index contributed by atoms with van der Waals surface area (Å²) < 4.78 is 0. The lowest BCUT2D eigenvalue weighted by atomic mass is 9.96. The molecule has 1 fully saturated rings. The molecule has 0 spiro atoms. The number of ketones is 2. The van der Waals surface area contributed by atoms with Crippen LogP contribution in [0.4, 0.5) is 0 Å². The van der Waals surface area contributed by atoms with Gasteiger partial charge in [0.25, 0.3) is 0 Å². The molecular weight excluding hydrogens is 247 g/mol. The summed E-state index contributed by atoms with van der Waals surface area (Å²) in [6.07, 6.45) is 1.46. The van der Waals surface area contributed by atoms with E-state index >= 15 is 0 Å². The molecule has 2 nitrogen and oxygen atoms in total. The van der Waals surface area contributed by atoms with Gasteiger partial charge in [0.2, 0.25) is 0 Å². The molecule has 0 bridgehead atoms. The van der Waals surface area contributed by atoms with E-state index in [4.69, 9.17) is 23.2 Å². The minimum atomic E-state index is -0.219. The zero-order valence-corrected chi connectivity index (χ0v) is 10.0. The molecule has 0 aliphatic heterocycles. The van der Waals surface area contributed by atoms with Crippen molar-refractivity contribution in [2.75, 3.05) is 0 Å². The van der Waals surface area contributed by atoms with Gasteiger partial charge in [-0.3, -0.25) is 9.59 Å². The van der Waals surface area contributed by atoms with Gasteiger partial charge in [-0.1, -0.05) is 29.3 Å². The first-order valence-corrected chi connectivity index (χ1v) is 5.85.